The van der Waals surface area contributed by atoms with Crippen LogP contribution in [0, 0.1) is 35.5 Å². The molecule has 2 heterocycles. The first-order valence-corrected chi connectivity index (χ1v) is 18.0. The van der Waals surface area contributed by atoms with Gasteiger partial charge in [-0.25, -0.2) is 4.79 Å². The van der Waals surface area contributed by atoms with Gasteiger partial charge in [-0.15, -0.1) is 0 Å². The molecule has 50 heavy (non-hydrogen) atoms. The lowest BCUT2D eigenvalue weighted by Gasteiger charge is -2.50. The maximum absolute atomic E-state index is 13.6. The molecule has 3 N–H and O–H groups in total. The third kappa shape index (κ3) is 11.6. The van der Waals surface area contributed by atoms with Gasteiger partial charge < -0.3 is 39.0 Å². The number of carbonyl (C=O) groups excluding carboxylic acids is 2. The summed E-state index contributed by atoms with van der Waals surface area (Å²) in [5.41, 5.74) is 1.76. The number of aliphatic hydroxyl groups excluding tert-OH is 2. The standard InChI is InChI=1S/C40H64O10/c1-13-14-18-34(41)48-33-22-40(45,50-37(23(2)3)28(33)8)30(10)36(43)29(9)38-31(46-11)17-15-16-24(4)19-26(6)35(42)27(7)20-25(5)21-32(47-12)39(44)49-38/h13-17,20-21,23,26-31,33,35-38,42-43,45H,18-19,22H2,1-12H3/b14-13+,17-15+,24-16+,25-20+,32-21-/t26-,27+,28-,29-,30-,31-,33+,35-,36+,37+,38+,40+/m0/s1. The molecule has 0 aromatic carbocycles. The van der Waals surface area contributed by atoms with Crippen LogP contribution in [0.1, 0.15) is 88.5 Å². The van der Waals surface area contributed by atoms with E-state index < -0.39 is 66.2 Å². The zero-order chi connectivity index (χ0) is 37.9. The minimum absolute atomic E-state index is 0.0186. The van der Waals surface area contributed by atoms with Gasteiger partial charge in [-0.2, -0.15) is 0 Å². The Balaban J connectivity index is 2.54. The lowest BCUT2D eigenvalue weighted by Crippen LogP contribution is -2.59. The van der Waals surface area contributed by atoms with Gasteiger partial charge in [0.2, 0.25) is 5.76 Å². The van der Waals surface area contributed by atoms with Crippen LogP contribution in [0.3, 0.4) is 0 Å². The summed E-state index contributed by atoms with van der Waals surface area (Å²) in [6, 6.07) is 0. The molecule has 0 aromatic heterocycles. The molecular formula is C40H64O10. The molecule has 2 aliphatic heterocycles. The highest BCUT2D eigenvalue weighted by atomic mass is 16.6. The van der Waals surface area contributed by atoms with Gasteiger partial charge in [0.25, 0.3) is 0 Å². The number of aliphatic hydroxyl groups is 3. The number of rotatable bonds is 10. The predicted molar refractivity (Wildman–Crippen MR) is 193 cm³/mol. The molecule has 0 spiro atoms. The van der Waals surface area contributed by atoms with Crippen molar-refractivity contribution in [2.75, 3.05) is 14.2 Å². The third-order valence-corrected chi connectivity index (χ3v) is 10.3. The van der Waals surface area contributed by atoms with E-state index in [9.17, 15) is 24.9 Å². The van der Waals surface area contributed by atoms with Gasteiger partial charge in [-0.1, -0.05) is 96.1 Å². The molecule has 0 saturated carbocycles. The smallest absolute Gasteiger partial charge is 0.373 e. The zero-order valence-corrected chi connectivity index (χ0v) is 32.3. The molecule has 2 aliphatic rings. The molecule has 10 heteroatoms. The summed E-state index contributed by atoms with van der Waals surface area (Å²) in [4.78, 5) is 26.3. The number of carbonyl (C=O) groups is 2. The van der Waals surface area contributed by atoms with E-state index in [0.29, 0.717) is 12.0 Å². The fraction of sp³-hybridized carbons (Fsp3) is 0.700. The van der Waals surface area contributed by atoms with Crippen LogP contribution in [0.15, 0.2) is 59.4 Å². The quantitative estimate of drug-likeness (QED) is 0.178. The second kappa shape index (κ2) is 19.7. The SMILES string of the molecule is C/C=C/CC(=O)O[C@@H]1C[C@](O)([C@@H](C)[C@H](O)[C@H](C)[C@H]2OC(=O)/C(OC)=C/C(C)=C/[C@@H](C)[C@@H](O)[C@@H](C)C/C(C)=C/C=C/[C@@H]2OC)O[C@H](C(C)C)[C@H]1C. The van der Waals surface area contributed by atoms with E-state index in [2.05, 4.69) is 0 Å². The van der Waals surface area contributed by atoms with Crippen molar-refractivity contribution in [2.24, 2.45) is 35.5 Å². The Labute approximate surface area is 300 Å². The number of ether oxygens (including phenoxy) is 5. The van der Waals surface area contributed by atoms with Crippen molar-refractivity contribution in [1.82, 2.24) is 0 Å². The first-order chi connectivity index (χ1) is 23.4. The van der Waals surface area contributed by atoms with Crippen molar-refractivity contribution in [1.29, 1.82) is 0 Å². The fourth-order valence-corrected chi connectivity index (χ4v) is 7.10. The van der Waals surface area contributed by atoms with Crippen LogP contribution in [0.2, 0.25) is 0 Å². The molecule has 1 saturated heterocycles. The first kappa shape index (κ1) is 43.4. The Morgan fingerprint density at radius 2 is 1.78 bits per heavy atom. The molecular weight excluding hydrogens is 640 g/mol. The summed E-state index contributed by atoms with van der Waals surface area (Å²) >= 11 is 0. The number of hydrogen-bond acceptors (Lipinski definition) is 10. The predicted octanol–water partition coefficient (Wildman–Crippen LogP) is 6.21. The number of methoxy groups -OCH3 is 2. The van der Waals surface area contributed by atoms with Crippen LogP contribution in [0.4, 0.5) is 0 Å². The van der Waals surface area contributed by atoms with Crippen LogP contribution < -0.4 is 0 Å². The first-order valence-electron chi connectivity index (χ1n) is 18.0. The second-order valence-corrected chi connectivity index (χ2v) is 14.8. The van der Waals surface area contributed by atoms with E-state index in [1.54, 1.807) is 38.2 Å². The number of allylic oxidation sites excluding steroid dienone is 6. The summed E-state index contributed by atoms with van der Waals surface area (Å²) in [5.74, 6) is -5.19. The lowest BCUT2D eigenvalue weighted by molar-refractivity contribution is -0.329. The molecule has 0 amide bonds. The fourth-order valence-electron chi connectivity index (χ4n) is 7.10. The Kier molecular flexibility index (Phi) is 17.1. The average Bonchev–Trinajstić information content (AvgIpc) is 3.06. The lowest BCUT2D eigenvalue weighted by atomic mass is 9.76. The van der Waals surface area contributed by atoms with Crippen LogP contribution in [-0.2, 0) is 33.3 Å². The van der Waals surface area contributed by atoms with Crippen molar-refractivity contribution in [3.8, 4) is 0 Å². The van der Waals surface area contributed by atoms with Gasteiger partial charge in [0, 0.05) is 37.2 Å². The monoisotopic (exact) mass is 704 g/mol. The third-order valence-electron chi connectivity index (χ3n) is 10.3. The molecule has 0 bridgehead atoms. The summed E-state index contributed by atoms with van der Waals surface area (Å²) in [5, 5.41) is 35.0. The van der Waals surface area contributed by atoms with Crippen LogP contribution in [0.25, 0.3) is 0 Å². The summed E-state index contributed by atoms with van der Waals surface area (Å²) in [7, 11) is 2.87. The maximum Gasteiger partial charge on any atom is 0.373 e. The van der Waals surface area contributed by atoms with Crippen molar-refractivity contribution in [3.63, 3.8) is 0 Å². The zero-order valence-electron chi connectivity index (χ0n) is 32.3. The Bertz CT molecular complexity index is 1260. The van der Waals surface area contributed by atoms with E-state index in [0.717, 1.165) is 5.57 Å². The molecule has 0 aliphatic carbocycles. The molecule has 1 fully saturated rings. The Morgan fingerprint density at radius 3 is 2.36 bits per heavy atom. The average molecular weight is 705 g/mol. The van der Waals surface area contributed by atoms with E-state index in [1.807, 2.05) is 73.6 Å². The number of hydrogen-bond donors (Lipinski definition) is 3. The van der Waals surface area contributed by atoms with Gasteiger partial charge in [0.15, 0.2) is 5.79 Å². The topological polar surface area (TPSA) is 141 Å². The summed E-state index contributed by atoms with van der Waals surface area (Å²) < 4.78 is 29.6. The maximum atomic E-state index is 13.6. The largest absolute Gasteiger partial charge is 0.490 e. The van der Waals surface area contributed by atoms with Gasteiger partial charge in [-0.05, 0) is 45.1 Å². The second-order valence-electron chi connectivity index (χ2n) is 14.8. The van der Waals surface area contributed by atoms with Crippen LogP contribution in [-0.4, -0.2) is 83.9 Å². The molecule has 2 rings (SSSR count). The summed E-state index contributed by atoms with van der Waals surface area (Å²) in [6.45, 7) is 18.9. The van der Waals surface area contributed by atoms with Crippen LogP contribution in [0.5, 0.6) is 0 Å². The highest BCUT2D eigenvalue weighted by Gasteiger charge is 2.53. The van der Waals surface area contributed by atoms with Crippen molar-refractivity contribution in [3.05, 3.63) is 59.4 Å². The van der Waals surface area contributed by atoms with Gasteiger partial charge in [0.1, 0.15) is 18.3 Å². The molecule has 10 nitrogen and oxygen atoms in total. The Morgan fingerprint density at radius 1 is 1.12 bits per heavy atom. The van der Waals surface area contributed by atoms with E-state index in [4.69, 9.17) is 23.7 Å². The van der Waals surface area contributed by atoms with E-state index >= 15 is 0 Å². The van der Waals surface area contributed by atoms with Crippen molar-refractivity contribution >= 4 is 11.9 Å². The van der Waals surface area contributed by atoms with E-state index in [-0.39, 0.29) is 42.3 Å². The molecule has 0 aromatic rings. The minimum atomic E-state index is -1.86. The van der Waals surface area contributed by atoms with Gasteiger partial charge >= 0.3 is 11.9 Å². The molecule has 0 unspecified atom stereocenters. The van der Waals surface area contributed by atoms with Crippen LogP contribution >= 0.6 is 0 Å². The molecule has 284 valence electrons. The van der Waals surface area contributed by atoms with Crippen molar-refractivity contribution in [2.45, 2.75) is 131 Å². The normalized spacial score (nSPS) is 37.7. The number of cyclic esters (lactones) is 1. The molecule has 12 atom stereocenters. The highest BCUT2D eigenvalue weighted by Crippen LogP contribution is 2.42. The highest BCUT2D eigenvalue weighted by molar-refractivity contribution is 5.87. The minimum Gasteiger partial charge on any atom is -0.490 e. The number of esters is 2. The molecule has 0 radical (unpaired) electrons. The Hall–Kier alpha value is -2.76. The van der Waals surface area contributed by atoms with E-state index in [1.165, 1.54) is 14.2 Å². The summed E-state index contributed by atoms with van der Waals surface area (Å²) in [6.07, 6.45) is 8.42. The van der Waals surface area contributed by atoms with Crippen molar-refractivity contribution < 1.29 is 48.6 Å². The van der Waals surface area contributed by atoms with Gasteiger partial charge in [-0.3, -0.25) is 4.79 Å². The van der Waals surface area contributed by atoms with Gasteiger partial charge in [0.05, 0.1) is 31.8 Å².